The van der Waals surface area contributed by atoms with Crippen LogP contribution < -0.4 is 11.1 Å². The van der Waals surface area contributed by atoms with Crippen molar-refractivity contribution in [1.29, 1.82) is 0 Å². The predicted molar refractivity (Wildman–Crippen MR) is 77.1 cm³/mol. The van der Waals surface area contributed by atoms with Crippen LogP contribution in [0.25, 0.3) is 0 Å². The average molecular weight is 279 g/mol. The Morgan fingerprint density at radius 2 is 2.39 bits per heavy atom. The summed E-state index contributed by atoms with van der Waals surface area (Å²) in [7, 11) is 0. The Morgan fingerprint density at radius 1 is 1.56 bits per heavy atom. The molecule has 1 heterocycles. The summed E-state index contributed by atoms with van der Waals surface area (Å²) in [6.07, 6.45) is 0. The van der Waals surface area contributed by atoms with Crippen LogP contribution in [0.1, 0.15) is 5.69 Å². The van der Waals surface area contributed by atoms with E-state index in [0.717, 1.165) is 15.7 Å². The highest BCUT2D eigenvalue weighted by molar-refractivity contribution is 8.01. The second kappa shape index (κ2) is 5.88. The Labute approximate surface area is 114 Å². The number of nitrogens with zero attached hydrogens (tertiary/aromatic N) is 1. The van der Waals surface area contributed by atoms with E-state index in [-0.39, 0.29) is 5.91 Å². The molecule has 4 nitrogen and oxygen atoms in total. The molecule has 18 heavy (non-hydrogen) atoms. The zero-order valence-electron chi connectivity index (χ0n) is 9.84. The maximum absolute atomic E-state index is 11.7. The second-order valence-electron chi connectivity index (χ2n) is 3.72. The van der Waals surface area contributed by atoms with Crippen LogP contribution >= 0.6 is 23.1 Å². The first-order valence-corrected chi connectivity index (χ1v) is 7.20. The van der Waals surface area contributed by atoms with Crippen molar-refractivity contribution in [3.8, 4) is 0 Å². The average Bonchev–Trinajstić information content (AvgIpc) is 2.73. The molecular formula is C12H13N3OS2. The number of hydrogen-bond acceptors (Lipinski definition) is 5. The minimum atomic E-state index is -0.0570. The highest BCUT2D eigenvalue weighted by Gasteiger charge is 2.06. The largest absolute Gasteiger partial charge is 0.399 e. The van der Waals surface area contributed by atoms with E-state index in [1.165, 1.54) is 11.8 Å². The number of amides is 1. The third kappa shape index (κ3) is 3.75. The van der Waals surface area contributed by atoms with E-state index in [1.54, 1.807) is 23.5 Å². The van der Waals surface area contributed by atoms with Crippen molar-refractivity contribution in [3.63, 3.8) is 0 Å². The lowest BCUT2D eigenvalue weighted by Gasteiger charge is -2.04. The van der Waals surface area contributed by atoms with Crippen LogP contribution in [0.2, 0.25) is 0 Å². The number of benzene rings is 1. The molecule has 0 aliphatic heterocycles. The summed E-state index contributed by atoms with van der Waals surface area (Å²) < 4.78 is 0.912. The van der Waals surface area contributed by atoms with Gasteiger partial charge in [0.1, 0.15) is 0 Å². The highest BCUT2D eigenvalue weighted by Crippen LogP contribution is 2.22. The third-order valence-electron chi connectivity index (χ3n) is 2.10. The summed E-state index contributed by atoms with van der Waals surface area (Å²) in [6.45, 7) is 1.94. The van der Waals surface area contributed by atoms with Crippen LogP contribution in [0.5, 0.6) is 0 Å². The van der Waals surface area contributed by atoms with Gasteiger partial charge in [0.15, 0.2) is 4.34 Å². The number of nitrogens with two attached hydrogens (primary N) is 1. The molecule has 0 unspecified atom stereocenters. The van der Waals surface area contributed by atoms with Crippen molar-refractivity contribution < 1.29 is 4.79 Å². The first-order chi connectivity index (χ1) is 8.63. The number of hydrogen-bond donors (Lipinski definition) is 2. The van der Waals surface area contributed by atoms with Crippen molar-refractivity contribution in [2.45, 2.75) is 11.3 Å². The van der Waals surface area contributed by atoms with E-state index in [1.807, 2.05) is 24.4 Å². The van der Waals surface area contributed by atoms with Gasteiger partial charge < -0.3 is 11.1 Å². The van der Waals surface area contributed by atoms with Gasteiger partial charge in [-0.1, -0.05) is 17.8 Å². The summed E-state index contributed by atoms with van der Waals surface area (Å²) in [5.74, 6) is 0.292. The number of aryl methyl sites for hydroxylation is 1. The first kappa shape index (κ1) is 12.9. The Bertz CT molecular complexity index is 554. The number of anilines is 2. The number of rotatable bonds is 4. The molecule has 0 atom stereocenters. The normalized spacial score (nSPS) is 10.3. The quantitative estimate of drug-likeness (QED) is 0.667. The van der Waals surface area contributed by atoms with E-state index in [0.29, 0.717) is 11.4 Å². The van der Waals surface area contributed by atoms with Gasteiger partial charge in [0, 0.05) is 22.4 Å². The third-order valence-corrected chi connectivity index (χ3v) is 4.23. The van der Waals surface area contributed by atoms with Gasteiger partial charge in [0.2, 0.25) is 5.91 Å². The molecule has 1 aromatic heterocycles. The molecular weight excluding hydrogens is 266 g/mol. The highest BCUT2D eigenvalue weighted by atomic mass is 32.2. The van der Waals surface area contributed by atoms with Crippen LogP contribution in [-0.2, 0) is 4.79 Å². The molecule has 1 amide bonds. The van der Waals surface area contributed by atoms with E-state index >= 15 is 0 Å². The minimum absolute atomic E-state index is 0.0570. The fourth-order valence-corrected chi connectivity index (χ4v) is 2.99. The molecule has 0 bridgehead atoms. The van der Waals surface area contributed by atoms with Gasteiger partial charge >= 0.3 is 0 Å². The predicted octanol–water partition coefficient (Wildman–Crippen LogP) is 2.76. The Hall–Kier alpha value is -1.53. The van der Waals surface area contributed by atoms with Gasteiger partial charge in [-0.05, 0) is 25.1 Å². The van der Waals surface area contributed by atoms with E-state index in [9.17, 15) is 4.79 Å². The van der Waals surface area contributed by atoms with E-state index in [4.69, 9.17) is 5.73 Å². The van der Waals surface area contributed by atoms with Crippen molar-refractivity contribution in [1.82, 2.24) is 4.98 Å². The molecule has 2 aromatic rings. The van der Waals surface area contributed by atoms with Gasteiger partial charge in [-0.3, -0.25) is 4.79 Å². The summed E-state index contributed by atoms with van der Waals surface area (Å²) >= 11 is 2.99. The molecule has 0 aliphatic rings. The molecule has 0 fully saturated rings. The van der Waals surface area contributed by atoms with Crippen molar-refractivity contribution >= 4 is 40.4 Å². The number of carbonyl (C=O) groups is 1. The molecule has 94 valence electrons. The van der Waals surface area contributed by atoms with Gasteiger partial charge in [-0.2, -0.15) is 0 Å². The molecule has 6 heteroatoms. The van der Waals surface area contributed by atoms with Crippen LogP contribution in [0.4, 0.5) is 11.4 Å². The summed E-state index contributed by atoms with van der Waals surface area (Å²) in [5, 5.41) is 4.77. The minimum Gasteiger partial charge on any atom is -0.399 e. The fourth-order valence-electron chi connectivity index (χ4n) is 1.34. The SMILES string of the molecule is Cc1csc(SCC(=O)Nc2cccc(N)c2)n1. The summed E-state index contributed by atoms with van der Waals surface area (Å²) in [4.78, 5) is 16.0. The maximum Gasteiger partial charge on any atom is 0.234 e. The van der Waals surface area contributed by atoms with Crippen LogP contribution in [0.3, 0.4) is 0 Å². The van der Waals surface area contributed by atoms with Gasteiger partial charge in [-0.15, -0.1) is 11.3 Å². The van der Waals surface area contributed by atoms with Crippen molar-refractivity contribution in [2.75, 3.05) is 16.8 Å². The molecule has 0 aliphatic carbocycles. The van der Waals surface area contributed by atoms with Gasteiger partial charge in [0.05, 0.1) is 5.75 Å². The topological polar surface area (TPSA) is 68.0 Å². The fraction of sp³-hybridized carbons (Fsp3) is 0.167. The van der Waals surface area contributed by atoms with Crippen LogP contribution in [0, 0.1) is 6.92 Å². The maximum atomic E-state index is 11.7. The lowest BCUT2D eigenvalue weighted by molar-refractivity contribution is -0.113. The Morgan fingerprint density at radius 3 is 3.06 bits per heavy atom. The number of thiazole rings is 1. The molecule has 3 N–H and O–H groups in total. The van der Waals surface area contributed by atoms with Crippen LogP contribution in [-0.4, -0.2) is 16.6 Å². The molecule has 1 aromatic carbocycles. The zero-order chi connectivity index (χ0) is 13.0. The summed E-state index contributed by atoms with van der Waals surface area (Å²) in [5.41, 5.74) is 7.98. The van der Waals surface area contributed by atoms with E-state index < -0.39 is 0 Å². The number of aromatic nitrogens is 1. The lowest BCUT2D eigenvalue weighted by atomic mass is 10.3. The number of thioether (sulfide) groups is 1. The van der Waals surface area contributed by atoms with Crippen molar-refractivity contribution in [3.05, 3.63) is 35.3 Å². The standard InChI is InChI=1S/C12H13N3OS2/c1-8-6-17-12(14-8)18-7-11(16)15-10-4-2-3-9(13)5-10/h2-6H,7,13H2,1H3,(H,15,16). The monoisotopic (exact) mass is 279 g/mol. The Kier molecular flexibility index (Phi) is 4.22. The molecule has 0 spiro atoms. The Balaban J connectivity index is 1.85. The summed E-state index contributed by atoms with van der Waals surface area (Å²) in [6, 6.07) is 7.13. The molecule has 0 saturated heterocycles. The van der Waals surface area contributed by atoms with Gasteiger partial charge in [-0.25, -0.2) is 4.98 Å². The number of nitrogen functional groups attached to an aromatic ring is 1. The number of carbonyl (C=O) groups excluding carboxylic acids is 1. The zero-order valence-corrected chi connectivity index (χ0v) is 11.5. The molecule has 0 saturated carbocycles. The van der Waals surface area contributed by atoms with Crippen LogP contribution in [0.15, 0.2) is 34.0 Å². The van der Waals surface area contributed by atoms with E-state index in [2.05, 4.69) is 10.3 Å². The number of nitrogens with one attached hydrogen (secondary N) is 1. The first-order valence-electron chi connectivity index (χ1n) is 5.34. The second-order valence-corrected chi connectivity index (χ2v) is 5.80. The van der Waals surface area contributed by atoms with Crippen molar-refractivity contribution in [2.24, 2.45) is 0 Å². The van der Waals surface area contributed by atoms with Gasteiger partial charge in [0.25, 0.3) is 0 Å². The smallest absolute Gasteiger partial charge is 0.234 e. The molecule has 0 radical (unpaired) electrons. The molecule has 2 rings (SSSR count). The lowest BCUT2D eigenvalue weighted by Crippen LogP contribution is -2.14.